The molecule has 2 heterocycles. The molecule has 102 valence electrons. The van der Waals surface area contributed by atoms with E-state index in [-0.39, 0.29) is 12.4 Å². The SMILES string of the molecule is Cc1cc(OCC(=O)c2ccc(C(C)C)s2)n(C)n1. The summed E-state index contributed by atoms with van der Waals surface area (Å²) < 4.78 is 7.14. The van der Waals surface area contributed by atoms with Crippen molar-refractivity contribution >= 4 is 17.1 Å². The van der Waals surface area contributed by atoms with Crippen LogP contribution in [0.5, 0.6) is 5.88 Å². The third-order valence-electron chi connectivity index (χ3n) is 2.78. The van der Waals surface area contributed by atoms with Crippen molar-refractivity contribution in [1.82, 2.24) is 9.78 Å². The maximum atomic E-state index is 12.0. The smallest absolute Gasteiger partial charge is 0.212 e. The number of nitrogens with zero attached hydrogens (tertiary/aromatic N) is 2. The summed E-state index contributed by atoms with van der Waals surface area (Å²) in [7, 11) is 1.80. The molecule has 2 aromatic rings. The molecule has 2 aromatic heterocycles. The summed E-state index contributed by atoms with van der Waals surface area (Å²) in [4.78, 5) is 14.0. The standard InChI is InChI=1S/C14H18N2O2S/c1-9(2)12-5-6-13(19-12)11(17)8-18-14-7-10(3)15-16(14)4/h5-7,9H,8H2,1-4H3. The largest absolute Gasteiger partial charge is 0.469 e. The molecular formula is C14H18N2O2S. The van der Waals surface area contributed by atoms with E-state index in [1.165, 1.54) is 4.88 Å². The van der Waals surface area contributed by atoms with Crippen molar-refractivity contribution in [2.75, 3.05) is 6.61 Å². The molecule has 0 unspecified atom stereocenters. The Morgan fingerprint density at radius 2 is 2.21 bits per heavy atom. The van der Waals surface area contributed by atoms with Crippen LogP contribution in [0.25, 0.3) is 0 Å². The lowest BCUT2D eigenvalue weighted by Gasteiger charge is -2.04. The van der Waals surface area contributed by atoms with E-state index in [2.05, 4.69) is 18.9 Å². The van der Waals surface area contributed by atoms with Crippen molar-refractivity contribution in [1.29, 1.82) is 0 Å². The molecule has 4 nitrogen and oxygen atoms in total. The number of ketones is 1. The van der Waals surface area contributed by atoms with Crippen LogP contribution in [0.15, 0.2) is 18.2 Å². The van der Waals surface area contributed by atoms with Gasteiger partial charge in [0.1, 0.15) is 0 Å². The second kappa shape index (κ2) is 5.57. The fourth-order valence-corrected chi connectivity index (χ4v) is 2.68. The third-order valence-corrected chi connectivity index (χ3v) is 4.21. The molecule has 0 radical (unpaired) electrons. The predicted molar refractivity (Wildman–Crippen MR) is 76.2 cm³/mol. The first-order valence-electron chi connectivity index (χ1n) is 6.23. The van der Waals surface area contributed by atoms with Crippen LogP contribution in [0, 0.1) is 6.92 Å². The lowest BCUT2D eigenvalue weighted by atomic mass is 10.2. The number of rotatable bonds is 5. The van der Waals surface area contributed by atoms with Crippen LogP contribution < -0.4 is 4.74 Å². The molecule has 0 aliphatic carbocycles. The third kappa shape index (κ3) is 3.23. The molecule has 0 bridgehead atoms. The van der Waals surface area contributed by atoms with Gasteiger partial charge in [0.05, 0.1) is 10.6 Å². The number of carbonyl (C=O) groups is 1. The van der Waals surface area contributed by atoms with Crippen LogP contribution in [0.4, 0.5) is 0 Å². The molecular weight excluding hydrogens is 260 g/mol. The average Bonchev–Trinajstić information content (AvgIpc) is 2.93. The summed E-state index contributed by atoms with van der Waals surface area (Å²) >= 11 is 1.54. The van der Waals surface area contributed by atoms with Crippen molar-refractivity contribution in [3.8, 4) is 5.88 Å². The molecule has 0 spiro atoms. The summed E-state index contributed by atoms with van der Waals surface area (Å²) in [6.45, 7) is 6.18. The first-order valence-corrected chi connectivity index (χ1v) is 7.05. The molecule has 0 amide bonds. The number of ether oxygens (including phenoxy) is 1. The highest BCUT2D eigenvalue weighted by atomic mass is 32.1. The van der Waals surface area contributed by atoms with Crippen molar-refractivity contribution in [2.24, 2.45) is 7.05 Å². The Hall–Kier alpha value is -1.62. The Labute approximate surface area is 117 Å². The number of aromatic nitrogens is 2. The van der Waals surface area contributed by atoms with Gasteiger partial charge in [-0.1, -0.05) is 13.8 Å². The quantitative estimate of drug-likeness (QED) is 0.789. The second-order valence-electron chi connectivity index (χ2n) is 4.82. The number of thiophene rings is 1. The average molecular weight is 278 g/mol. The van der Waals surface area contributed by atoms with Crippen LogP contribution in [-0.2, 0) is 7.05 Å². The van der Waals surface area contributed by atoms with Crippen LogP contribution in [0.3, 0.4) is 0 Å². The van der Waals surface area contributed by atoms with Gasteiger partial charge >= 0.3 is 0 Å². The van der Waals surface area contributed by atoms with E-state index in [0.29, 0.717) is 11.8 Å². The Balaban J connectivity index is 1.99. The zero-order chi connectivity index (χ0) is 14.0. The summed E-state index contributed by atoms with van der Waals surface area (Å²) in [6, 6.07) is 5.71. The van der Waals surface area contributed by atoms with Gasteiger partial charge in [-0.2, -0.15) is 5.10 Å². The highest BCUT2D eigenvalue weighted by Crippen LogP contribution is 2.24. The van der Waals surface area contributed by atoms with Crippen LogP contribution in [0.1, 0.15) is 40.0 Å². The maximum Gasteiger partial charge on any atom is 0.212 e. The first-order chi connectivity index (χ1) is 8.97. The minimum atomic E-state index is 0.00996. The van der Waals surface area contributed by atoms with Gasteiger partial charge < -0.3 is 4.74 Å². The fourth-order valence-electron chi connectivity index (χ4n) is 1.75. The molecule has 0 aliphatic rings. The monoisotopic (exact) mass is 278 g/mol. The van der Waals surface area contributed by atoms with Crippen molar-refractivity contribution in [3.05, 3.63) is 33.6 Å². The van der Waals surface area contributed by atoms with Gasteiger partial charge in [0.15, 0.2) is 6.61 Å². The molecule has 0 atom stereocenters. The molecule has 0 saturated carbocycles. The summed E-state index contributed by atoms with van der Waals surface area (Å²) in [5, 5.41) is 4.17. The Morgan fingerprint density at radius 1 is 1.47 bits per heavy atom. The normalized spacial score (nSPS) is 11.0. The van der Waals surface area contributed by atoms with Crippen LogP contribution >= 0.6 is 11.3 Å². The van der Waals surface area contributed by atoms with Crippen LogP contribution in [0.2, 0.25) is 0 Å². The van der Waals surface area contributed by atoms with E-state index in [1.807, 2.05) is 25.1 Å². The Kier molecular flexibility index (Phi) is 4.04. The van der Waals surface area contributed by atoms with E-state index in [9.17, 15) is 4.79 Å². The zero-order valence-electron chi connectivity index (χ0n) is 11.6. The Morgan fingerprint density at radius 3 is 2.74 bits per heavy atom. The molecule has 0 N–H and O–H groups in total. The van der Waals surface area contributed by atoms with Gasteiger partial charge in [0.2, 0.25) is 11.7 Å². The van der Waals surface area contributed by atoms with Crippen LogP contribution in [-0.4, -0.2) is 22.2 Å². The van der Waals surface area contributed by atoms with Gasteiger partial charge in [0.25, 0.3) is 0 Å². The molecule has 0 aliphatic heterocycles. The lowest BCUT2D eigenvalue weighted by Crippen LogP contribution is -2.11. The number of carbonyl (C=O) groups excluding carboxylic acids is 1. The summed E-state index contributed by atoms with van der Waals surface area (Å²) in [5.74, 6) is 1.08. The fraction of sp³-hybridized carbons (Fsp3) is 0.429. The molecule has 0 fully saturated rings. The summed E-state index contributed by atoms with van der Waals surface area (Å²) in [6.07, 6.45) is 0. The van der Waals surface area contributed by atoms with E-state index >= 15 is 0 Å². The van der Waals surface area contributed by atoms with Gasteiger partial charge in [-0.15, -0.1) is 11.3 Å². The highest BCUT2D eigenvalue weighted by molar-refractivity contribution is 7.14. The van der Waals surface area contributed by atoms with E-state index in [0.717, 1.165) is 10.6 Å². The van der Waals surface area contributed by atoms with E-state index in [1.54, 1.807) is 23.1 Å². The van der Waals surface area contributed by atoms with Crippen molar-refractivity contribution in [3.63, 3.8) is 0 Å². The van der Waals surface area contributed by atoms with Crippen molar-refractivity contribution in [2.45, 2.75) is 26.7 Å². The first kappa shape index (κ1) is 13.8. The molecule has 0 saturated heterocycles. The number of Topliss-reactive ketones (excluding diaryl/α,β-unsaturated/α-hetero) is 1. The van der Waals surface area contributed by atoms with E-state index < -0.39 is 0 Å². The summed E-state index contributed by atoms with van der Waals surface area (Å²) in [5.41, 5.74) is 0.878. The molecule has 0 aromatic carbocycles. The minimum Gasteiger partial charge on any atom is -0.469 e. The highest BCUT2D eigenvalue weighted by Gasteiger charge is 2.13. The molecule has 2 rings (SSSR count). The lowest BCUT2D eigenvalue weighted by molar-refractivity contribution is 0.0919. The van der Waals surface area contributed by atoms with Gasteiger partial charge in [-0.05, 0) is 25.0 Å². The Bertz CT molecular complexity index is 584. The second-order valence-corrected chi connectivity index (χ2v) is 5.93. The van der Waals surface area contributed by atoms with Gasteiger partial charge in [-0.3, -0.25) is 4.79 Å². The van der Waals surface area contributed by atoms with E-state index in [4.69, 9.17) is 4.74 Å². The topological polar surface area (TPSA) is 44.1 Å². The molecule has 19 heavy (non-hydrogen) atoms. The predicted octanol–water partition coefficient (Wildman–Crippen LogP) is 3.18. The number of hydrogen-bond acceptors (Lipinski definition) is 4. The van der Waals surface area contributed by atoms with Gasteiger partial charge in [0, 0.05) is 18.0 Å². The number of hydrogen-bond donors (Lipinski definition) is 0. The number of aryl methyl sites for hydroxylation is 2. The minimum absolute atomic E-state index is 0.00996. The zero-order valence-corrected chi connectivity index (χ0v) is 12.5. The maximum absolute atomic E-state index is 12.0. The van der Waals surface area contributed by atoms with Crippen molar-refractivity contribution < 1.29 is 9.53 Å². The molecule has 5 heteroatoms. The van der Waals surface area contributed by atoms with Gasteiger partial charge in [-0.25, -0.2) is 4.68 Å².